The van der Waals surface area contributed by atoms with E-state index in [1.165, 1.54) is 11.8 Å². The van der Waals surface area contributed by atoms with E-state index in [-0.39, 0.29) is 0 Å². The van der Waals surface area contributed by atoms with E-state index in [1.54, 1.807) is 6.20 Å². The Morgan fingerprint density at radius 3 is 3.00 bits per heavy atom. The summed E-state index contributed by atoms with van der Waals surface area (Å²) in [6, 6.07) is 0. The van der Waals surface area contributed by atoms with Crippen LogP contribution in [0.5, 0.6) is 0 Å². The Labute approximate surface area is 98.6 Å². The molecule has 0 bridgehead atoms. The monoisotopic (exact) mass is 246 g/mol. The van der Waals surface area contributed by atoms with Gasteiger partial charge < -0.3 is 0 Å². The molecule has 0 saturated heterocycles. The van der Waals surface area contributed by atoms with Gasteiger partial charge in [-0.15, -0.1) is 0 Å². The van der Waals surface area contributed by atoms with Gasteiger partial charge in [-0.1, -0.05) is 35.5 Å². The average Bonchev–Trinajstić information content (AvgIpc) is 2.20. The van der Waals surface area contributed by atoms with Crippen molar-refractivity contribution in [2.24, 2.45) is 0 Å². The van der Waals surface area contributed by atoms with E-state index in [1.807, 2.05) is 18.4 Å². The minimum Gasteiger partial charge on any atom is -0.230 e. The van der Waals surface area contributed by atoms with Crippen LogP contribution < -0.4 is 0 Å². The fourth-order valence-corrected chi connectivity index (χ4v) is 1.58. The van der Waals surface area contributed by atoms with Gasteiger partial charge in [0, 0.05) is 11.8 Å². The Balaban J connectivity index is 2.78. The zero-order chi connectivity index (χ0) is 10.4. The Morgan fingerprint density at radius 1 is 1.64 bits per heavy atom. The van der Waals surface area contributed by atoms with Crippen LogP contribution >= 0.6 is 36.0 Å². The number of thiol groups is 1. The number of thioether (sulfide) groups is 1. The van der Waals surface area contributed by atoms with Crippen LogP contribution in [0.25, 0.3) is 6.08 Å². The number of nitrogens with zero attached hydrogens (tertiary/aromatic N) is 2. The van der Waals surface area contributed by atoms with Crippen LogP contribution in [0.2, 0.25) is 5.15 Å². The normalized spacial score (nSPS) is 11.1. The van der Waals surface area contributed by atoms with Crippen molar-refractivity contribution in [2.45, 2.75) is 11.6 Å². The molecule has 0 atom stereocenters. The predicted octanol–water partition coefficient (Wildman–Crippen LogP) is 3.19. The van der Waals surface area contributed by atoms with Crippen molar-refractivity contribution in [3.63, 3.8) is 0 Å². The van der Waals surface area contributed by atoms with Crippen molar-refractivity contribution < 1.29 is 0 Å². The molecule has 0 aliphatic rings. The van der Waals surface area contributed by atoms with E-state index < -0.39 is 0 Å². The molecule has 1 rings (SSSR count). The average molecular weight is 247 g/mol. The fraction of sp³-hybridized carbons (Fsp3) is 0.333. The molecule has 0 aromatic carbocycles. The summed E-state index contributed by atoms with van der Waals surface area (Å²) in [7, 11) is 0. The molecule has 5 heteroatoms. The van der Waals surface area contributed by atoms with Crippen LogP contribution in [0.3, 0.4) is 0 Å². The van der Waals surface area contributed by atoms with Gasteiger partial charge in [0.05, 0.1) is 0 Å². The lowest BCUT2D eigenvalue weighted by Gasteiger charge is -1.98. The first-order valence-electron chi connectivity index (χ1n) is 4.12. The third-order valence-electron chi connectivity index (χ3n) is 1.52. The summed E-state index contributed by atoms with van der Waals surface area (Å²) in [6.07, 6.45) is 8.50. The van der Waals surface area contributed by atoms with Crippen LogP contribution in [-0.2, 0) is 0 Å². The molecule has 0 aliphatic heterocycles. The van der Waals surface area contributed by atoms with Crippen molar-refractivity contribution in [1.82, 2.24) is 9.97 Å². The second-order valence-corrected chi connectivity index (χ2v) is 4.10. The van der Waals surface area contributed by atoms with Gasteiger partial charge in [0.15, 0.2) is 5.16 Å². The lowest BCUT2D eigenvalue weighted by atomic mass is 10.3. The number of aromatic nitrogens is 2. The maximum absolute atomic E-state index is 5.95. The molecule has 0 radical (unpaired) electrons. The fourth-order valence-electron chi connectivity index (χ4n) is 0.850. The summed E-state index contributed by atoms with van der Waals surface area (Å²) in [5, 5.41) is 1.20. The summed E-state index contributed by atoms with van der Waals surface area (Å²) in [6.45, 7) is 0. The van der Waals surface area contributed by atoms with E-state index in [9.17, 15) is 0 Å². The molecule has 0 N–H and O–H groups in total. The minimum absolute atomic E-state index is 0.500. The summed E-state index contributed by atoms with van der Waals surface area (Å²) in [4.78, 5) is 8.25. The molecule has 1 heterocycles. The van der Waals surface area contributed by atoms with Gasteiger partial charge in [-0.2, -0.15) is 12.6 Å². The number of hydrogen-bond donors (Lipinski definition) is 1. The van der Waals surface area contributed by atoms with Gasteiger partial charge in [0.2, 0.25) is 0 Å². The molecule has 0 aliphatic carbocycles. The standard InChI is InChI=1S/C9H11ClN2S2/c1-14-9-11-6-7(8(10)12-9)4-2-3-5-13/h2,4,6,13H,3,5H2,1H3. The zero-order valence-corrected chi connectivity index (χ0v) is 10.2. The van der Waals surface area contributed by atoms with Crippen molar-refractivity contribution in [2.75, 3.05) is 12.0 Å². The second-order valence-electron chi connectivity index (χ2n) is 2.52. The van der Waals surface area contributed by atoms with Gasteiger partial charge >= 0.3 is 0 Å². The highest BCUT2D eigenvalue weighted by Gasteiger charge is 2.00. The van der Waals surface area contributed by atoms with Crippen LogP contribution in [-0.4, -0.2) is 22.0 Å². The largest absolute Gasteiger partial charge is 0.230 e. The Hall–Kier alpha value is -0.190. The first-order chi connectivity index (χ1) is 6.77. The SMILES string of the molecule is CSc1ncc(C=CCCS)c(Cl)n1. The highest BCUT2D eigenvalue weighted by molar-refractivity contribution is 7.98. The number of rotatable bonds is 4. The van der Waals surface area contributed by atoms with Crippen LogP contribution in [0, 0.1) is 0 Å². The molecular weight excluding hydrogens is 236 g/mol. The van der Waals surface area contributed by atoms with Crippen LogP contribution in [0.15, 0.2) is 17.4 Å². The summed E-state index contributed by atoms with van der Waals surface area (Å²) >= 11 is 11.5. The molecule has 0 fully saturated rings. The molecule has 1 aromatic heterocycles. The van der Waals surface area contributed by atoms with Crippen LogP contribution in [0.1, 0.15) is 12.0 Å². The number of halogens is 1. The molecule has 76 valence electrons. The van der Waals surface area contributed by atoms with Gasteiger partial charge in [0.1, 0.15) is 5.15 Å². The van der Waals surface area contributed by atoms with E-state index in [0.29, 0.717) is 10.3 Å². The van der Waals surface area contributed by atoms with Crippen molar-refractivity contribution in [3.05, 3.63) is 23.0 Å². The summed E-state index contributed by atoms with van der Waals surface area (Å²) < 4.78 is 0. The maximum Gasteiger partial charge on any atom is 0.188 e. The van der Waals surface area contributed by atoms with Gasteiger partial charge in [-0.3, -0.25) is 0 Å². The van der Waals surface area contributed by atoms with Crippen LogP contribution in [0.4, 0.5) is 0 Å². The summed E-state index contributed by atoms with van der Waals surface area (Å²) in [5.41, 5.74) is 0.853. The highest BCUT2D eigenvalue weighted by Crippen LogP contribution is 2.17. The lowest BCUT2D eigenvalue weighted by molar-refractivity contribution is 0.966. The van der Waals surface area contributed by atoms with Crippen molar-refractivity contribution in [1.29, 1.82) is 0 Å². The zero-order valence-electron chi connectivity index (χ0n) is 7.77. The molecular formula is C9H11ClN2S2. The summed E-state index contributed by atoms with van der Waals surface area (Å²) in [5.74, 6) is 0.831. The van der Waals surface area contributed by atoms with Crippen molar-refractivity contribution >= 4 is 42.1 Å². The quantitative estimate of drug-likeness (QED) is 0.382. The third-order valence-corrected chi connectivity index (χ3v) is 2.64. The van der Waals surface area contributed by atoms with E-state index >= 15 is 0 Å². The molecule has 0 amide bonds. The Morgan fingerprint density at radius 2 is 2.43 bits per heavy atom. The number of allylic oxidation sites excluding steroid dienone is 1. The Bertz CT molecular complexity index is 329. The smallest absolute Gasteiger partial charge is 0.188 e. The molecule has 0 unspecified atom stereocenters. The van der Waals surface area contributed by atoms with Gasteiger partial charge in [-0.25, -0.2) is 9.97 Å². The molecule has 2 nitrogen and oxygen atoms in total. The first kappa shape index (κ1) is 11.9. The first-order valence-corrected chi connectivity index (χ1v) is 6.35. The maximum atomic E-state index is 5.95. The van der Waals surface area contributed by atoms with E-state index in [0.717, 1.165) is 17.7 Å². The number of hydrogen-bond acceptors (Lipinski definition) is 4. The van der Waals surface area contributed by atoms with E-state index in [2.05, 4.69) is 22.6 Å². The van der Waals surface area contributed by atoms with Gasteiger partial charge in [0.25, 0.3) is 0 Å². The second kappa shape index (κ2) is 6.32. The predicted molar refractivity (Wildman–Crippen MR) is 66.3 cm³/mol. The molecule has 14 heavy (non-hydrogen) atoms. The minimum atomic E-state index is 0.500. The Kier molecular flexibility index (Phi) is 5.37. The lowest BCUT2D eigenvalue weighted by Crippen LogP contribution is -1.88. The highest BCUT2D eigenvalue weighted by atomic mass is 35.5. The molecule has 0 spiro atoms. The third kappa shape index (κ3) is 3.52. The van der Waals surface area contributed by atoms with Gasteiger partial charge in [-0.05, 0) is 18.4 Å². The topological polar surface area (TPSA) is 25.8 Å². The molecule has 0 saturated carbocycles. The van der Waals surface area contributed by atoms with E-state index in [4.69, 9.17) is 11.6 Å². The molecule has 1 aromatic rings. The van der Waals surface area contributed by atoms with Crippen molar-refractivity contribution in [3.8, 4) is 0 Å².